The van der Waals surface area contributed by atoms with Crippen LogP contribution in [0.2, 0.25) is 0 Å². The van der Waals surface area contributed by atoms with Crippen LogP contribution in [0, 0.1) is 5.21 Å². The molecule has 1 aliphatic heterocycles. The molecule has 1 aliphatic rings. The van der Waals surface area contributed by atoms with Crippen molar-refractivity contribution in [3.63, 3.8) is 0 Å². The summed E-state index contributed by atoms with van der Waals surface area (Å²) in [6.07, 6.45) is 1.25. The zero-order valence-electron chi connectivity index (χ0n) is 7.03. The minimum atomic E-state index is -0.544. The Bertz CT molecular complexity index is 173. The van der Waals surface area contributed by atoms with Gasteiger partial charge >= 0.3 is 0 Å². The van der Waals surface area contributed by atoms with Gasteiger partial charge in [-0.25, -0.2) is 4.74 Å². The summed E-state index contributed by atoms with van der Waals surface area (Å²) in [5, 5.41) is 10.5. The lowest BCUT2D eigenvalue weighted by molar-refractivity contribution is -0.420. The molecular formula is C7H13NO3. The van der Waals surface area contributed by atoms with E-state index in [-0.39, 0.29) is 6.10 Å². The molecule has 0 aromatic heterocycles. The first-order valence-electron chi connectivity index (χ1n) is 3.56. The molecule has 0 aliphatic carbocycles. The molecule has 11 heavy (non-hydrogen) atoms. The lowest BCUT2D eigenvalue weighted by Crippen LogP contribution is -2.23. The van der Waals surface area contributed by atoms with Gasteiger partial charge < -0.3 is 14.7 Å². The van der Waals surface area contributed by atoms with E-state index < -0.39 is 5.79 Å². The third kappa shape index (κ3) is 2.48. The van der Waals surface area contributed by atoms with E-state index in [1.165, 1.54) is 13.3 Å². The first kappa shape index (κ1) is 8.49. The average molecular weight is 159 g/mol. The molecule has 1 fully saturated rings. The van der Waals surface area contributed by atoms with Crippen molar-refractivity contribution in [2.45, 2.75) is 25.7 Å². The van der Waals surface area contributed by atoms with E-state index in [1.807, 2.05) is 13.8 Å². The van der Waals surface area contributed by atoms with Crippen LogP contribution in [0.25, 0.3) is 0 Å². The van der Waals surface area contributed by atoms with Crippen LogP contribution in [-0.4, -0.2) is 36.5 Å². The normalized spacial score (nSPS) is 30.8. The minimum Gasteiger partial charge on any atom is -0.624 e. The van der Waals surface area contributed by atoms with Crippen molar-refractivity contribution >= 4 is 6.21 Å². The van der Waals surface area contributed by atoms with Gasteiger partial charge in [0.25, 0.3) is 0 Å². The summed E-state index contributed by atoms with van der Waals surface area (Å²) < 4.78 is 11.3. The van der Waals surface area contributed by atoms with Crippen molar-refractivity contribution in [3.8, 4) is 0 Å². The predicted octanol–water partition coefficient (Wildman–Crippen LogP) is 0.349. The number of nitrogens with zero attached hydrogens (tertiary/aromatic N) is 1. The van der Waals surface area contributed by atoms with Gasteiger partial charge in [-0.15, -0.1) is 0 Å². The molecule has 1 heterocycles. The van der Waals surface area contributed by atoms with Gasteiger partial charge in [-0.3, -0.25) is 0 Å². The maximum atomic E-state index is 10.5. The van der Waals surface area contributed by atoms with Crippen LogP contribution in [0.1, 0.15) is 13.8 Å². The Hall–Kier alpha value is -0.610. The summed E-state index contributed by atoms with van der Waals surface area (Å²) in [6.45, 7) is 4.11. The summed E-state index contributed by atoms with van der Waals surface area (Å²) in [7, 11) is 1.43. The van der Waals surface area contributed by atoms with E-state index in [1.54, 1.807) is 0 Å². The summed E-state index contributed by atoms with van der Waals surface area (Å²) in [5.41, 5.74) is 0. The Kier molecular flexibility index (Phi) is 2.15. The number of rotatable bonds is 1. The van der Waals surface area contributed by atoms with Gasteiger partial charge in [-0.1, -0.05) is 0 Å². The predicted molar refractivity (Wildman–Crippen MR) is 40.5 cm³/mol. The summed E-state index contributed by atoms with van der Waals surface area (Å²) in [6, 6.07) is 0. The van der Waals surface area contributed by atoms with Crippen molar-refractivity contribution in [1.29, 1.82) is 0 Å². The molecule has 0 amide bonds. The van der Waals surface area contributed by atoms with E-state index in [4.69, 9.17) is 9.47 Å². The Balaban J connectivity index is 2.49. The maximum Gasteiger partial charge on any atom is 0.182 e. The smallest absolute Gasteiger partial charge is 0.182 e. The number of hydrogen-bond donors (Lipinski definition) is 0. The average Bonchev–Trinajstić information content (AvgIpc) is 2.08. The third-order valence-corrected chi connectivity index (χ3v) is 1.41. The Morgan fingerprint density at radius 2 is 2.27 bits per heavy atom. The van der Waals surface area contributed by atoms with Gasteiger partial charge in [0.15, 0.2) is 18.1 Å². The Labute approximate surface area is 66.0 Å². The van der Waals surface area contributed by atoms with Crippen molar-refractivity contribution < 1.29 is 14.2 Å². The highest BCUT2D eigenvalue weighted by atomic mass is 16.7. The van der Waals surface area contributed by atoms with Crippen LogP contribution in [0.15, 0.2) is 0 Å². The second kappa shape index (κ2) is 2.79. The molecule has 1 rings (SSSR count). The standard InChI is InChI=1S/C7H13NO3/c1-7(2)10-5-6(11-7)4-8(3)9/h4,6H,5H2,1-3H3/b8-4-/t6-/m1/s1. The Morgan fingerprint density at radius 1 is 1.64 bits per heavy atom. The zero-order chi connectivity index (χ0) is 8.48. The van der Waals surface area contributed by atoms with Gasteiger partial charge in [0.05, 0.1) is 6.61 Å². The molecule has 0 aromatic rings. The fraction of sp³-hybridized carbons (Fsp3) is 0.857. The van der Waals surface area contributed by atoms with Crippen LogP contribution in [0.4, 0.5) is 0 Å². The number of hydroxylamine groups is 1. The van der Waals surface area contributed by atoms with Crippen molar-refractivity contribution in [2.24, 2.45) is 0 Å². The van der Waals surface area contributed by atoms with Crippen molar-refractivity contribution in [1.82, 2.24) is 0 Å². The Morgan fingerprint density at radius 3 is 2.64 bits per heavy atom. The van der Waals surface area contributed by atoms with Gasteiger partial charge in [0, 0.05) is 0 Å². The van der Waals surface area contributed by atoms with Crippen LogP contribution in [0.5, 0.6) is 0 Å². The van der Waals surface area contributed by atoms with Crippen molar-refractivity contribution in [2.75, 3.05) is 13.7 Å². The molecule has 1 atom stereocenters. The molecular weight excluding hydrogens is 146 g/mol. The van der Waals surface area contributed by atoms with Crippen LogP contribution in [-0.2, 0) is 9.47 Å². The molecule has 0 radical (unpaired) electrons. The highest BCUT2D eigenvalue weighted by Crippen LogP contribution is 2.20. The highest BCUT2D eigenvalue weighted by molar-refractivity contribution is 5.58. The molecule has 0 aromatic carbocycles. The lowest BCUT2D eigenvalue weighted by atomic mass is 10.4. The SMILES string of the molecule is C/[N+]([O-])=C/[C@@H]1COC(C)(C)O1. The topological polar surface area (TPSA) is 44.5 Å². The lowest BCUT2D eigenvalue weighted by Gasteiger charge is -2.15. The zero-order valence-corrected chi connectivity index (χ0v) is 7.03. The molecule has 4 heteroatoms. The largest absolute Gasteiger partial charge is 0.624 e. The van der Waals surface area contributed by atoms with Gasteiger partial charge in [-0.05, 0) is 13.8 Å². The van der Waals surface area contributed by atoms with Crippen LogP contribution < -0.4 is 0 Å². The molecule has 64 valence electrons. The molecule has 0 unspecified atom stereocenters. The van der Waals surface area contributed by atoms with Crippen molar-refractivity contribution in [3.05, 3.63) is 5.21 Å². The second-order valence-corrected chi connectivity index (χ2v) is 3.06. The highest BCUT2D eigenvalue weighted by Gasteiger charge is 2.33. The fourth-order valence-corrected chi connectivity index (χ4v) is 1.02. The van der Waals surface area contributed by atoms with E-state index in [2.05, 4.69) is 0 Å². The quantitative estimate of drug-likeness (QED) is 0.240. The van der Waals surface area contributed by atoms with Crippen LogP contribution in [0.3, 0.4) is 0 Å². The third-order valence-electron chi connectivity index (χ3n) is 1.41. The summed E-state index contributed by atoms with van der Waals surface area (Å²) in [4.78, 5) is 0. The second-order valence-electron chi connectivity index (χ2n) is 3.06. The first-order chi connectivity index (χ1) is 4.99. The monoisotopic (exact) mass is 159 g/mol. The molecule has 1 saturated heterocycles. The van der Waals surface area contributed by atoms with Gasteiger partial charge in [0.2, 0.25) is 0 Å². The molecule has 4 nitrogen and oxygen atoms in total. The summed E-state index contributed by atoms with van der Waals surface area (Å²) in [5.74, 6) is -0.544. The van der Waals surface area contributed by atoms with E-state index >= 15 is 0 Å². The molecule has 0 saturated carbocycles. The number of ether oxygens (including phenoxy) is 2. The molecule has 0 bridgehead atoms. The van der Waals surface area contributed by atoms with E-state index in [0.717, 1.165) is 4.74 Å². The van der Waals surface area contributed by atoms with E-state index in [9.17, 15) is 5.21 Å². The minimum absolute atomic E-state index is 0.201. The molecule has 0 N–H and O–H groups in total. The van der Waals surface area contributed by atoms with Gasteiger partial charge in [-0.2, -0.15) is 0 Å². The van der Waals surface area contributed by atoms with Gasteiger partial charge in [0.1, 0.15) is 7.05 Å². The fourth-order valence-electron chi connectivity index (χ4n) is 1.02. The van der Waals surface area contributed by atoms with Crippen LogP contribution >= 0.6 is 0 Å². The summed E-state index contributed by atoms with van der Waals surface area (Å²) >= 11 is 0. The maximum absolute atomic E-state index is 10.5. The number of hydrogen-bond acceptors (Lipinski definition) is 3. The molecule has 0 spiro atoms. The van der Waals surface area contributed by atoms with E-state index in [0.29, 0.717) is 6.61 Å². The first-order valence-corrected chi connectivity index (χ1v) is 3.56.